The van der Waals surface area contributed by atoms with Gasteiger partial charge in [-0.3, -0.25) is 4.79 Å². The van der Waals surface area contributed by atoms with Crippen molar-refractivity contribution in [2.75, 3.05) is 11.9 Å². The fourth-order valence-corrected chi connectivity index (χ4v) is 2.53. The van der Waals surface area contributed by atoms with Crippen molar-refractivity contribution < 1.29 is 4.79 Å². The number of hydrogen-bond acceptors (Lipinski definition) is 2. The van der Waals surface area contributed by atoms with Gasteiger partial charge < -0.3 is 10.6 Å². The second-order valence-electron chi connectivity index (χ2n) is 5.11. The average Bonchev–Trinajstić information content (AvgIpc) is 2.53. The molecular weight excluding hydrogens is 319 g/mol. The van der Waals surface area contributed by atoms with Gasteiger partial charge in [0.05, 0.1) is 22.3 Å². The molecular formula is C17H18Cl2N2O. The molecule has 1 amide bonds. The van der Waals surface area contributed by atoms with Gasteiger partial charge in [-0.2, -0.15) is 0 Å². The Labute approximate surface area is 140 Å². The highest BCUT2D eigenvalue weighted by atomic mass is 35.5. The number of carbonyl (C=O) groups is 1. The maximum atomic E-state index is 12.1. The lowest BCUT2D eigenvalue weighted by Crippen LogP contribution is -2.30. The fourth-order valence-electron chi connectivity index (χ4n) is 2.06. The Morgan fingerprint density at radius 3 is 2.50 bits per heavy atom. The van der Waals surface area contributed by atoms with Gasteiger partial charge in [0, 0.05) is 6.04 Å². The highest BCUT2D eigenvalue weighted by molar-refractivity contribution is 6.40. The zero-order valence-electron chi connectivity index (χ0n) is 12.5. The van der Waals surface area contributed by atoms with Crippen LogP contribution in [0.3, 0.4) is 0 Å². The predicted octanol–water partition coefficient (Wildman–Crippen LogP) is 4.59. The molecule has 0 aliphatic rings. The quantitative estimate of drug-likeness (QED) is 0.838. The molecule has 116 valence electrons. The molecule has 2 aromatic carbocycles. The van der Waals surface area contributed by atoms with E-state index in [0.717, 1.165) is 11.1 Å². The lowest BCUT2D eigenvalue weighted by Gasteiger charge is -2.15. The molecule has 5 heteroatoms. The third-order valence-electron chi connectivity index (χ3n) is 3.42. The van der Waals surface area contributed by atoms with Crippen LogP contribution in [0.5, 0.6) is 0 Å². The fraction of sp³-hybridized carbons (Fsp3) is 0.235. The van der Waals surface area contributed by atoms with Gasteiger partial charge in [0.15, 0.2) is 0 Å². The standard InChI is InChI=1S/C17H18Cl2N2O/c1-11-8-9-14(18)17(16(11)19)21-15(22)10-20-12(2)13-6-4-3-5-7-13/h3-9,12,20H,10H2,1-2H3,(H,21,22)/t12-/m1/s1. The van der Waals surface area contributed by atoms with Crippen LogP contribution in [0.15, 0.2) is 42.5 Å². The monoisotopic (exact) mass is 336 g/mol. The Balaban J connectivity index is 1.95. The van der Waals surface area contributed by atoms with Crippen molar-refractivity contribution in [1.82, 2.24) is 5.32 Å². The van der Waals surface area contributed by atoms with E-state index in [9.17, 15) is 4.79 Å². The zero-order valence-corrected chi connectivity index (χ0v) is 14.0. The van der Waals surface area contributed by atoms with Crippen molar-refractivity contribution >= 4 is 34.8 Å². The first-order chi connectivity index (χ1) is 10.5. The van der Waals surface area contributed by atoms with Gasteiger partial charge in [-0.1, -0.05) is 59.6 Å². The van der Waals surface area contributed by atoms with Crippen molar-refractivity contribution in [2.24, 2.45) is 0 Å². The second-order valence-corrected chi connectivity index (χ2v) is 5.90. The lowest BCUT2D eigenvalue weighted by molar-refractivity contribution is -0.115. The van der Waals surface area contributed by atoms with Crippen LogP contribution in [-0.2, 0) is 4.79 Å². The van der Waals surface area contributed by atoms with Crippen molar-refractivity contribution in [1.29, 1.82) is 0 Å². The highest BCUT2D eigenvalue weighted by Crippen LogP contribution is 2.32. The Kier molecular flexibility index (Phi) is 5.83. The van der Waals surface area contributed by atoms with Gasteiger partial charge in [-0.05, 0) is 31.0 Å². The molecule has 0 radical (unpaired) electrons. The molecule has 0 aliphatic heterocycles. The second kappa shape index (κ2) is 7.63. The van der Waals surface area contributed by atoms with Gasteiger partial charge in [-0.15, -0.1) is 0 Å². The van der Waals surface area contributed by atoms with Crippen LogP contribution >= 0.6 is 23.2 Å². The number of aryl methyl sites for hydroxylation is 1. The normalized spacial score (nSPS) is 12.0. The van der Waals surface area contributed by atoms with Crippen molar-refractivity contribution in [3.05, 3.63) is 63.6 Å². The Hall–Kier alpha value is -1.55. The molecule has 1 atom stereocenters. The molecule has 22 heavy (non-hydrogen) atoms. The number of nitrogens with one attached hydrogen (secondary N) is 2. The van der Waals surface area contributed by atoms with Crippen LogP contribution in [0.2, 0.25) is 10.0 Å². The minimum absolute atomic E-state index is 0.0791. The summed E-state index contributed by atoms with van der Waals surface area (Å²) in [5.74, 6) is -0.183. The number of hydrogen-bond donors (Lipinski definition) is 2. The molecule has 0 saturated carbocycles. The first-order valence-corrected chi connectivity index (χ1v) is 7.77. The summed E-state index contributed by atoms with van der Waals surface area (Å²) in [6.07, 6.45) is 0. The number of carbonyl (C=O) groups excluding carboxylic acids is 1. The van der Waals surface area contributed by atoms with Crippen molar-refractivity contribution in [2.45, 2.75) is 19.9 Å². The molecule has 0 aromatic heterocycles. The summed E-state index contributed by atoms with van der Waals surface area (Å²) < 4.78 is 0. The smallest absolute Gasteiger partial charge is 0.238 e. The number of amides is 1. The summed E-state index contributed by atoms with van der Waals surface area (Å²) in [4.78, 5) is 12.1. The summed E-state index contributed by atoms with van der Waals surface area (Å²) in [5, 5.41) is 6.84. The molecule has 2 rings (SSSR count). The van der Waals surface area contributed by atoms with Crippen LogP contribution in [-0.4, -0.2) is 12.5 Å². The lowest BCUT2D eigenvalue weighted by atomic mass is 10.1. The molecule has 0 spiro atoms. The van der Waals surface area contributed by atoms with Crippen molar-refractivity contribution in [3.63, 3.8) is 0 Å². The Bertz CT molecular complexity index is 659. The van der Waals surface area contributed by atoms with E-state index in [0.29, 0.717) is 15.7 Å². The molecule has 0 fully saturated rings. The summed E-state index contributed by atoms with van der Waals surface area (Å²) in [5.41, 5.74) is 2.45. The SMILES string of the molecule is Cc1ccc(Cl)c(NC(=O)CN[C@H](C)c2ccccc2)c1Cl. The van der Waals surface area contributed by atoms with E-state index >= 15 is 0 Å². The maximum absolute atomic E-state index is 12.1. The van der Waals surface area contributed by atoms with Crippen LogP contribution in [0, 0.1) is 6.92 Å². The maximum Gasteiger partial charge on any atom is 0.238 e. The molecule has 2 aromatic rings. The molecule has 2 N–H and O–H groups in total. The van der Waals surface area contributed by atoms with Crippen LogP contribution in [0.4, 0.5) is 5.69 Å². The molecule has 0 saturated heterocycles. The van der Waals surface area contributed by atoms with E-state index in [2.05, 4.69) is 10.6 Å². The number of rotatable bonds is 5. The van der Waals surface area contributed by atoms with Gasteiger partial charge in [0.2, 0.25) is 5.91 Å². The number of benzene rings is 2. The Morgan fingerprint density at radius 1 is 1.14 bits per heavy atom. The first-order valence-electron chi connectivity index (χ1n) is 7.02. The zero-order chi connectivity index (χ0) is 16.1. The number of anilines is 1. The van der Waals surface area contributed by atoms with Gasteiger partial charge in [0.25, 0.3) is 0 Å². The van der Waals surface area contributed by atoms with E-state index < -0.39 is 0 Å². The van der Waals surface area contributed by atoms with Crippen molar-refractivity contribution in [3.8, 4) is 0 Å². The third kappa shape index (κ3) is 4.23. The van der Waals surface area contributed by atoms with Gasteiger partial charge in [0.1, 0.15) is 0 Å². The summed E-state index contributed by atoms with van der Waals surface area (Å²) in [6.45, 7) is 4.05. The van der Waals surface area contributed by atoms with Crippen LogP contribution < -0.4 is 10.6 Å². The first kappa shape index (κ1) is 16.8. The van der Waals surface area contributed by atoms with E-state index in [1.165, 1.54) is 0 Å². The van der Waals surface area contributed by atoms with E-state index in [1.54, 1.807) is 6.07 Å². The van der Waals surface area contributed by atoms with Crippen LogP contribution in [0.25, 0.3) is 0 Å². The molecule has 0 unspecified atom stereocenters. The number of halogens is 2. The largest absolute Gasteiger partial charge is 0.322 e. The summed E-state index contributed by atoms with van der Waals surface area (Å²) in [7, 11) is 0. The average molecular weight is 337 g/mol. The van der Waals surface area contributed by atoms with E-state index in [4.69, 9.17) is 23.2 Å². The van der Waals surface area contributed by atoms with E-state index in [1.807, 2.05) is 50.2 Å². The van der Waals surface area contributed by atoms with Crippen LogP contribution in [0.1, 0.15) is 24.1 Å². The predicted molar refractivity (Wildman–Crippen MR) is 92.7 cm³/mol. The highest BCUT2D eigenvalue weighted by Gasteiger charge is 2.13. The minimum Gasteiger partial charge on any atom is -0.322 e. The topological polar surface area (TPSA) is 41.1 Å². The molecule has 3 nitrogen and oxygen atoms in total. The summed E-state index contributed by atoms with van der Waals surface area (Å²) in [6, 6.07) is 13.6. The molecule has 0 aliphatic carbocycles. The minimum atomic E-state index is -0.183. The third-order valence-corrected chi connectivity index (χ3v) is 4.22. The summed E-state index contributed by atoms with van der Waals surface area (Å²) >= 11 is 12.3. The Morgan fingerprint density at radius 2 is 1.82 bits per heavy atom. The van der Waals surface area contributed by atoms with Gasteiger partial charge >= 0.3 is 0 Å². The van der Waals surface area contributed by atoms with E-state index in [-0.39, 0.29) is 18.5 Å². The van der Waals surface area contributed by atoms with Gasteiger partial charge in [-0.25, -0.2) is 0 Å². The molecule has 0 bridgehead atoms. The molecule has 0 heterocycles.